The molecular weight excluding hydrogens is 522 g/mol. The van der Waals surface area contributed by atoms with Crippen LogP contribution in [0, 0.1) is 0 Å². The summed E-state index contributed by atoms with van der Waals surface area (Å²) in [6.07, 6.45) is 3.16. The van der Waals surface area contributed by atoms with E-state index in [9.17, 15) is 8.42 Å². The third kappa shape index (κ3) is 4.59. The van der Waals surface area contributed by atoms with Crippen LogP contribution in [-0.4, -0.2) is 24.5 Å². The Balaban J connectivity index is 1.55. The molecule has 0 amide bonds. The van der Waals surface area contributed by atoms with E-state index in [0.717, 1.165) is 29.5 Å². The Morgan fingerprint density at radius 1 is 1.14 bits per heavy atom. The first-order valence-electron chi connectivity index (χ1n) is 9.13. The number of rotatable bonds is 7. The van der Waals surface area contributed by atoms with Crippen molar-refractivity contribution in [3.05, 3.63) is 54.7 Å². The lowest BCUT2D eigenvalue weighted by Gasteiger charge is -2.17. The fraction of sp³-hybridized carbons (Fsp3) is 0.250. The van der Waals surface area contributed by atoms with Gasteiger partial charge < -0.3 is 9.47 Å². The summed E-state index contributed by atoms with van der Waals surface area (Å²) < 4.78 is 37.8. The largest absolute Gasteiger partial charge is 0.487 e. The lowest BCUT2D eigenvalue weighted by Crippen LogP contribution is -2.24. The van der Waals surface area contributed by atoms with E-state index in [4.69, 9.17) is 9.47 Å². The zero-order valence-corrected chi connectivity index (χ0v) is 19.8. The molecule has 1 aliphatic carbocycles. The monoisotopic (exact) mass is 542 g/mol. The molecule has 2 unspecified atom stereocenters. The molecule has 6 nitrogen and oxygen atoms in total. The molecule has 1 heterocycles. The fourth-order valence-electron chi connectivity index (χ4n) is 2.88. The van der Waals surface area contributed by atoms with Gasteiger partial charge in [-0.1, -0.05) is 9.24 Å². The molecule has 29 heavy (non-hydrogen) atoms. The molecule has 0 radical (unpaired) electrons. The quantitative estimate of drug-likeness (QED) is 0.231. The van der Waals surface area contributed by atoms with Crippen molar-refractivity contribution in [3.63, 3.8) is 0 Å². The van der Waals surface area contributed by atoms with Crippen LogP contribution >= 0.6 is 32.1 Å². The van der Waals surface area contributed by atoms with Crippen LogP contribution in [0.5, 0.6) is 17.2 Å². The first-order chi connectivity index (χ1) is 13.8. The average Bonchev–Trinajstić information content (AvgIpc) is 3.53. The normalized spacial score (nSPS) is 15.1. The molecule has 0 bridgehead atoms. The maximum absolute atomic E-state index is 12.4. The summed E-state index contributed by atoms with van der Waals surface area (Å²) in [7, 11) is -0.680. The van der Waals surface area contributed by atoms with Gasteiger partial charge in [-0.15, -0.1) is 0 Å². The van der Waals surface area contributed by atoms with Gasteiger partial charge in [0, 0.05) is 17.6 Å². The molecule has 0 spiro atoms. The number of ether oxygens (including phenoxy) is 2. The van der Waals surface area contributed by atoms with Crippen molar-refractivity contribution < 1.29 is 17.9 Å². The molecule has 152 valence electrons. The van der Waals surface area contributed by atoms with Gasteiger partial charge in [0.2, 0.25) is 10.0 Å². The third-order valence-electron chi connectivity index (χ3n) is 4.43. The highest BCUT2D eigenvalue weighted by Gasteiger charge is 2.39. The second kappa shape index (κ2) is 8.24. The van der Waals surface area contributed by atoms with Crippen molar-refractivity contribution in [2.45, 2.75) is 30.9 Å². The molecule has 0 saturated heterocycles. The lowest BCUT2D eigenvalue weighted by atomic mass is 10.2. The summed E-state index contributed by atoms with van der Waals surface area (Å²) in [6.45, 7) is 1.94. The number of halogens is 1. The van der Waals surface area contributed by atoms with Crippen molar-refractivity contribution in [1.29, 1.82) is 0 Å². The number of benzene rings is 2. The predicted octanol–water partition coefficient (Wildman–Crippen LogP) is 5.28. The van der Waals surface area contributed by atoms with Crippen LogP contribution in [0.15, 0.2) is 54.7 Å². The van der Waals surface area contributed by atoms with E-state index in [2.05, 4.69) is 14.2 Å². The second-order valence-electron chi connectivity index (χ2n) is 6.87. The smallest absolute Gasteiger partial charge is 0.246 e. The van der Waals surface area contributed by atoms with Crippen LogP contribution in [0.25, 0.3) is 10.9 Å². The van der Waals surface area contributed by atoms with E-state index in [-0.39, 0.29) is 11.1 Å². The van der Waals surface area contributed by atoms with E-state index in [1.807, 2.05) is 48.0 Å². The Bertz CT molecular complexity index is 1130. The molecule has 0 N–H and O–H groups in total. The van der Waals surface area contributed by atoms with Gasteiger partial charge in [0.1, 0.15) is 23.1 Å². The molecule has 9 heteroatoms. The molecule has 1 saturated carbocycles. The number of aromatic nitrogens is 1. The summed E-state index contributed by atoms with van der Waals surface area (Å²) in [5, 5.41) is 0.619. The first kappa shape index (κ1) is 20.6. The number of pyridine rings is 1. The minimum atomic E-state index is -3.27. The van der Waals surface area contributed by atoms with Gasteiger partial charge in [0.25, 0.3) is 0 Å². The molecule has 2 aromatic carbocycles. The Hall–Kier alpha value is -1.64. The van der Waals surface area contributed by atoms with Crippen LogP contribution in [0.4, 0.5) is 5.69 Å². The number of fused-ring (bicyclic) bond motifs is 1. The van der Waals surface area contributed by atoms with Gasteiger partial charge >= 0.3 is 0 Å². The highest BCUT2D eigenvalue weighted by atomic mass is 127. The molecule has 4 rings (SSSR count). The van der Waals surface area contributed by atoms with Crippen molar-refractivity contribution in [2.24, 2.45) is 0 Å². The van der Waals surface area contributed by atoms with Gasteiger partial charge in [0.05, 0.1) is 39.3 Å². The van der Waals surface area contributed by atoms with E-state index in [1.165, 1.54) is 2.52 Å². The van der Waals surface area contributed by atoms with Crippen LogP contribution < -0.4 is 12.0 Å². The summed E-state index contributed by atoms with van der Waals surface area (Å²) >= 11 is 1.85. The SMILES string of the molecule is CC(P)Oc1ccc2c(Oc3ccc(N(I)S(=O)(=O)C4CC4)cc3)ccnc2c1. The summed E-state index contributed by atoms with van der Waals surface area (Å²) in [4.78, 5) is 4.40. The van der Waals surface area contributed by atoms with E-state index in [0.29, 0.717) is 17.2 Å². The molecule has 1 aliphatic rings. The Morgan fingerprint density at radius 3 is 2.48 bits per heavy atom. The van der Waals surface area contributed by atoms with Crippen molar-refractivity contribution in [1.82, 2.24) is 4.98 Å². The maximum atomic E-state index is 12.4. The Labute approximate surface area is 186 Å². The van der Waals surface area contributed by atoms with E-state index >= 15 is 0 Å². The number of anilines is 1. The minimum Gasteiger partial charge on any atom is -0.487 e. The zero-order chi connectivity index (χ0) is 20.6. The van der Waals surface area contributed by atoms with E-state index < -0.39 is 10.0 Å². The highest BCUT2D eigenvalue weighted by Crippen LogP contribution is 2.37. The van der Waals surface area contributed by atoms with Crippen LogP contribution in [0.2, 0.25) is 0 Å². The van der Waals surface area contributed by atoms with Gasteiger partial charge in [-0.05, 0) is 62.2 Å². The summed E-state index contributed by atoms with van der Waals surface area (Å²) in [5.41, 5.74) is 1.38. The predicted molar refractivity (Wildman–Crippen MR) is 126 cm³/mol. The number of hydrogen-bond donors (Lipinski definition) is 0. The van der Waals surface area contributed by atoms with Gasteiger partial charge in [-0.3, -0.25) is 4.98 Å². The Kier molecular flexibility index (Phi) is 5.86. The maximum Gasteiger partial charge on any atom is 0.246 e. The molecule has 0 aliphatic heterocycles. The minimum absolute atomic E-state index is 0.00611. The van der Waals surface area contributed by atoms with Gasteiger partial charge in [0.15, 0.2) is 0 Å². The summed E-state index contributed by atoms with van der Waals surface area (Å²) in [5.74, 6) is 2.04. The van der Waals surface area contributed by atoms with Crippen molar-refractivity contribution >= 4 is 58.7 Å². The molecule has 1 fully saturated rings. The third-order valence-corrected chi connectivity index (χ3v) is 8.74. The number of hydrogen-bond acceptors (Lipinski definition) is 5. The van der Waals surface area contributed by atoms with Gasteiger partial charge in [-0.2, -0.15) is 0 Å². The molecule has 2 atom stereocenters. The topological polar surface area (TPSA) is 68.7 Å². The van der Waals surface area contributed by atoms with Gasteiger partial charge in [-0.25, -0.2) is 10.9 Å². The fourth-order valence-corrected chi connectivity index (χ4v) is 5.73. The number of nitrogens with zero attached hydrogens (tertiary/aromatic N) is 2. The molecular formula is C20H20IN2O4PS. The lowest BCUT2D eigenvalue weighted by molar-refractivity contribution is 0.307. The van der Waals surface area contributed by atoms with Crippen molar-refractivity contribution in [3.8, 4) is 17.2 Å². The first-order valence-corrected chi connectivity index (χ1v) is 12.3. The second-order valence-corrected chi connectivity index (χ2v) is 11.5. The Morgan fingerprint density at radius 2 is 1.83 bits per heavy atom. The standard InChI is InChI=1S/C20H20IN2O4PS/c1-13(28)26-16-6-9-18-19(12-16)22-11-10-20(18)27-15-4-2-14(3-5-15)23(21)29(24,25)17-7-8-17/h2-6,9-13,17H,7-8,28H2,1H3. The average molecular weight is 542 g/mol. The number of sulfonamides is 1. The molecule has 3 aromatic rings. The van der Waals surface area contributed by atoms with Crippen LogP contribution in [-0.2, 0) is 10.0 Å². The van der Waals surface area contributed by atoms with Crippen LogP contribution in [0.1, 0.15) is 19.8 Å². The van der Waals surface area contributed by atoms with E-state index in [1.54, 1.807) is 36.5 Å². The zero-order valence-electron chi connectivity index (χ0n) is 15.7. The molecule has 1 aromatic heterocycles. The summed E-state index contributed by atoms with van der Waals surface area (Å²) in [6, 6.07) is 14.5. The van der Waals surface area contributed by atoms with Crippen LogP contribution in [0.3, 0.4) is 0 Å². The highest BCUT2D eigenvalue weighted by molar-refractivity contribution is 14.1. The van der Waals surface area contributed by atoms with Crippen molar-refractivity contribution in [2.75, 3.05) is 2.52 Å².